The third kappa shape index (κ3) is 4.99. The van der Waals surface area contributed by atoms with Crippen LogP contribution in [-0.2, 0) is 19.1 Å². The summed E-state index contributed by atoms with van der Waals surface area (Å²) >= 11 is 1.26. The van der Waals surface area contributed by atoms with Crippen LogP contribution in [-0.4, -0.2) is 47.6 Å². The van der Waals surface area contributed by atoms with Crippen molar-refractivity contribution in [3.63, 3.8) is 0 Å². The molecule has 0 radical (unpaired) electrons. The van der Waals surface area contributed by atoms with Crippen LogP contribution in [0.3, 0.4) is 0 Å². The van der Waals surface area contributed by atoms with Crippen LogP contribution in [0.5, 0.6) is 0 Å². The lowest BCUT2D eigenvalue weighted by atomic mass is 9.86. The van der Waals surface area contributed by atoms with Crippen LogP contribution in [0.4, 0.5) is 0 Å². The van der Waals surface area contributed by atoms with Gasteiger partial charge in [0, 0.05) is 6.04 Å². The van der Waals surface area contributed by atoms with E-state index in [-0.39, 0.29) is 36.8 Å². The van der Waals surface area contributed by atoms with Crippen LogP contribution in [0.1, 0.15) is 39.5 Å². The van der Waals surface area contributed by atoms with Crippen molar-refractivity contribution >= 4 is 29.5 Å². The number of carbonyl (C=O) groups is 3. The molecule has 0 aromatic rings. The molecule has 2 aliphatic rings. The molecular formula is C16H24N2O4S. The maximum atomic E-state index is 12.3. The monoisotopic (exact) mass is 340 g/mol. The van der Waals surface area contributed by atoms with E-state index in [0.717, 1.165) is 19.3 Å². The lowest BCUT2D eigenvalue weighted by Crippen LogP contribution is -2.45. The molecule has 2 amide bonds. The lowest BCUT2D eigenvalue weighted by Gasteiger charge is -2.30. The highest BCUT2D eigenvalue weighted by molar-refractivity contribution is 8.04. The fraction of sp³-hybridized carbons (Fsp3) is 0.688. The Morgan fingerprint density at radius 2 is 2.13 bits per heavy atom. The summed E-state index contributed by atoms with van der Waals surface area (Å²) in [6.07, 6.45) is 5.73. The second kappa shape index (κ2) is 8.38. The molecule has 0 unspecified atom stereocenters. The Morgan fingerprint density at radius 3 is 2.83 bits per heavy atom. The number of thioether (sulfide) groups is 1. The van der Waals surface area contributed by atoms with E-state index >= 15 is 0 Å². The molecule has 2 rings (SSSR count). The van der Waals surface area contributed by atoms with Crippen molar-refractivity contribution in [2.24, 2.45) is 5.92 Å². The van der Waals surface area contributed by atoms with Crippen LogP contribution in [0.2, 0.25) is 0 Å². The van der Waals surface area contributed by atoms with Gasteiger partial charge in [0.15, 0.2) is 0 Å². The number of rotatable bonds is 5. The maximum Gasteiger partial charge on any atom is 0.333 e. The third-order valence-corrected chi connectivity index (χ3v) is 5.22. The standard InChI is InChI=1S/C16H24N2O4S/c1-3-22-16(21)8-15-18(14(20)10-23-15)9-13(19)17-12-7-5-4-6-11(12)2/h8,11-12H,3-7,9-10H2,1-2H3,(H,17,19)/b15-8-/t11-,12+/m0/s1. The molecule has 1 N–H and O–H groups in total. The van der Waals surface area contributed by atoms with Crippen molar-refractivity contribution < 1.29 is 19.1 Å². The molecule has 2 fully saturated rings. The fourth-order valence-corrected chi connectivity index (χ4v) is 3.84. The Labute approximate surface area is 141 Å². The molecule has 23 heavy (non-hydrogen) atoms. The summed E-state index contributed by atoms with van der Waals surface area (Å²) in [5.74, 6) is -0.105. The molecule has 2 atom stereocenters. The number of ether oxygens (including phenoxy) is 1. The molecule has 1 saturated heterocycles. The van der Waals surface area contributed by atoms with Gasteiger partial charge < -0.3 is 10.1 Å². The minimum Gasteiger partial charge on any atom is -0.463 e. The predicted octanol–water partition coefficient (Wildman–Crippen LogP) is 1.66. The number of hydrogen-bond acceptors (Lipinski definition) is 5. The summed E-state index contributed by atoms with van der Waals surface area (Å²) in [5.41, 5.74) is 0. The molecule has 128 valence electrons. The Kier molecular flexibility index (Phi) is 6.50. The Bertz CT molecular complexity index is 506. The molecule has 6 nitrogen and oxygen atoms in total. The molecule has 0 spiro atoms. The van der Waals surface area contributed by atoms with E-state index < -0.39 is 5.97 Å². The highest BCUT2D eigenvalue weighted by Crippen LogP contribution is 2.29. The summed E-state index contributed by atoms with van der Waals surface area (Å²) < 4.78 is 4.86. The van der Waals surface area contributed by atoms with Gasteiger partial charge in [-0.2, -0.15) is 0 Å². The molecule has 7 heteroatoms. The number of nitrogens with one attached hydrogen (secondary N) is 1. The van der Waals surface area contributed by atoms with E-state index in [2.05, 4.69) is 12.2 Å². The van der Waals surface area contributed by atoms with Crippen LogP contribution < -0.4 is 5.32 Å². The van der Waals surface area contributed by atoms with E-state index in [1.807, 2.05) is 0 Å². The molecular weight excluding hydrogens is 316 g/mol. The highest BCUT2D eigenvalue weighted by atomic mass is 32.2. The smallest absolute Gasteiger partial charge is 0.333 e. The highest BCUT2D eigenvalue weighted by Gasteiger charge is 2.30. The first kappa shape index (κ1) is 17.8. The van der Waals surface area contributed by atoms with Gasteiger partial charge in [-0.15, -0.1) is 0 Å². The lowest BCUT2D eigenvalue weighted by molar-refractivity contribution is -0.137. The third-order valence-electron chi connectivity index (χ3n) is 4.20. The zero-order valence-corrected chi connectivity index (χ0v) is 14.5. The van der Waals surface area contributed by atoms with E-state index in [0.29, 0.717) is 10.9 Å². The van der Waals surface area contributed by atoms with Gasteiger partial charge in [0.1, 0.15) is 6.54 Å². The van der Waals surface area contributed by atoms with E-state index in [1.165, 1.54) is 29.2 Å². The van der Waals surface area contributed by atoms with E-state index in [9.17, 15) is 14.4 Å². The zero-order valence-electron chi connectivity index (χ0n) is 13.7. The number of hydrogen-bond donors (Lipinski definition) is 1. The van der Waals surface area contributed by atoms with Gasteiger partial charge in [0.2, 0.25) is 11.8 Å². The first-order chi connectivity index (χ1) is 11.0. The Hall–Kier alpha value is -1.50. The summed E-state index contributed by atoms with van der Waals surface area (Å²) in [5, 5.41) is 3.52. The molecule has 0 aromatic carbocycles. The van der Waals surface area contributed by atoms with Crippen molar-refractivity contribution in [3.05, 3.63) is 11.1 Å². The zero-order chi connectivity index (χ0) is 16.8. The van der Waals surface area contributed by atoms with Gasteiger partial charge in [0.05, 0.1) is 23.5 Å². The topological polar surface area (TPSA) is 75.7 Å². The maximum absolute atomic E-state index is 12.3. The quantitative estimate of drug-likeness (QED) is 0.608. The van der Waals surface area contributed by atoms with E-state index in [1.54, 1.807) is 6.92 Å². The van der Waals surface area contributed by atoms with Crippen molar-refractivity contribution in [2.75, 3.05) is 18.9 Å². The van der Waals surface area contributed by atoms with Gasteiger partial charge in [-0.25, -0.2) is 4.79 Å². The van der Waals surface area contributed by atoms with Crippen molar-refractivity contribution in [1.29, 1.82) is 0 Å². The largest absolute Gasteiger partial charge is 0.463 e. The van der Waals surface area contributed by atoms with Gasteiger partial charge in [0.25, 0.3) is 0 Å². The number of esters is 1. The molecule has 1 heterocycles. The second-order valence-corrected chi connectivity index (χ2v) is 6.93. The average molecular weight is 340 g/mol. The van der Waals surface area contributed by atoms with Gasteiger partial charge in [-0.05, 0) is 25.7 Å². The first-order valence-electron chi connectivity index (χ1n) is 8.12. The SMILES string of the molecule is CCOC(=O)/C=C1\SCC(=O)N1CC(=O)N[C@@H]1CCCC[C@@H]1C. The summed E-state index contributed by atoms with van der Waals surface area (Å²) in [6.45, 7) is 4.11. The van der Waals surface area contributed by atoms with Crippen molar-refractivity contribution in [3.8, 4) is 0 Å². The molecule has 1 saturated carbocycles. The van der Waals surface area contributed by atoms with Crippen LogP contribution in [0, 0.1) is 5.92 Å². The number of nitrogens with zero attached hydrogens (tertiary/aromatic N) is 1. The Balaban J connectivity index is 1.94. The summed E-state index contributed by atoms with van der Waals surface area (Å²) in [7, 11) is 0. The van der Waals surface area contributed by atoms with Crippen molar-refractivity contribution in [1.82, 2.24) is 10.2 Å². The second-order valence-electron chi connectivity index (χ2n) is 5.94. The Morgan fingerprint density at radius 1 is 1.39 bits per heavy atom. The molecule has 0 bridgehead atoms. The average Bonchev–Trinajstić information content (AvgIpc) is 2.83. The number of carbonyl (C=O) groups excluding carboxylic acids is 3. The van der Waals surface area contributed by atoms with Crippen LogP contribution in [0.15, 0.2) is 11.1 Å². The molecule has 1 aliphatic carbocycles. The summed E-state index contributed by atoms with van der Waals surface area (Å²) in [6, 6.07) is 0.180. The van der Waals surface area contributed by atoms with Gasteiger partial charge in [-0.1, -0.05) is 31.5 Å². The molecule has 1 aliphatic heterocycles. The predicted molar refractivity (Wildman–Crippen MR) is 88.4 cm³/mol. The normalized spacial score (nSPS) is 26.4. The van der Waals surface area contributed by atoms with Crippen molar-refractivity contribution in [2.45, 2.75) is 45.6 Å². The number of amides is 2. The van der Waals surface area contributed by atoms with Crippen LogP contribution >= 0.6 is 11.8 Å². The fourth-order valence-electron chi connectivity index (χ4n) is 2.91. The minimum absolute atomic E-state index is 0.0414. The molecule has 0 aromatic heterocycles. The van der Waals surface area contributed by atoms with E-state index in [4.69, 9.17) is 4.74 Å². The summed E-state index contributed by atoms with van der Waals surface area (Å²) in [4.78, 5) is 37.1. The van der Waals surface area contributed by atoms with Gasteiger partial charge >= 0.3 is 5.97 Å². The minimum atomic E-state index is -0.490. The van der Waals surface area contributed by atoms with Gasteiger partial charge in [-0.3, -0.25) is 14.5 Å². The first-order valence-corrected chi connectivity index (χ1v) is 9.10. The van der Waals surface area contributed by atoms with Crippen LogP contribution in [0.25, 0.3) is 0 Å².